The molecule has 0 spiro atoms. The quantitative estimate of drug-likeness (QED) is 0.845. The van der Waals surface area contributed by atoms with Gasteiger partial charge < -0.3 is 10.4 Å². The van der Waals surface area contributed by atoms with Gasteiger partial charge in [0, 0.05) is 13.0 Å². The van der Waals surface area contributed by atoms with E-state index in [2.05, 4.69) is 5.32 Å². The molecule has 2 aliphatic carbocycles. The maximum absolute atomic E-state index is 12.0. The Morgan fingerprint density at radius 3 is 2.71 bits per heavy atom. The number of aliphatic hydroxyl groups excluding tert-OH is 1. The van der Waals surface area contributed by atoms with Crippen LogP contribution in [-0.4, -0.2) is 17.6 Å². The van der Waals surface area contributed by atoms with E-state index in [-0.39, 0.29) is 5.91 Å². The third kappa shape index (κ3) is 3.65. The zero-order valence-corrected chi connectivity index (χ0v) is 12.5. The van der Waals surface area contributed by atoms with Crippen molar-refractivity contribution in [1.82, 2.24) is 5.32 Å². The van der Waals surface area contributed by atoms with Gasteiger partial charge in [0.15, 0.2) is 0 Å². The lowest BCUT2D eigenvalue weighted by atomic mass is 9.86. The summed E-state index contributed by atoms with van der Waals surface area (Å²) in [6.45, 7) is 0.551. The van der Waals surface area contributed by atoms with Crippen molar-refractivity contribution in [3.63, 3.8) is 0 Å². The van der Waals surface area contributed by atoms with E-state index in [0.717, 1.165) is 17.4 Å². The van der Waals surface area contributed by atoms with Crippen LogP contribution >= 0.6 is 0 Å². The molecule has 2 bridgehead atoms. The molecular formula is C18H25NO2. The monoisotopic (exact) mass is 287 g/mol. The van der Waals surface area contributed by atoms with E-state index >= 15 is 0 Å². The Morgan fingerprint density at radius 1 is 1.24 bits per heavy atom. The number of rotatable bonds is 6. The molecule has 2 aliphatic rings. The maximum Gasteiger partial charge on any atom is 0.220 e. The Balaban J connectivity index is 1.36. The normalized spacial score (nSPS) is 28.5. The minimum atomic E-state index is -0.492. The van der Waals surface area contributed by atoms with Gasteiger partial charge in [0.05, 0.1) is 6.10 Å². The SMILES string of the molecule is O=C(CC1CC2CCC1C2)NCCC(O)c1ccccc1. The van der Waals surface area contributed by atoms with Crippen molar-refractivity contribution in [3.05, 3.63) is 35.9 Å². The summed E-state index contributed by atoms with van der Waals surface area (Å²) in [5.41, 5.74) is 0.917. The Morgan fingerprint density at radius 2 is 2.05 bits per heavy atom. The summed E-state index contributed by atoms with van der Waals surface area (Å²) >= 11 is 0. The van der Waals surface area contributed by atoms with Crippen LogP contribution in [0.5, 0.6) is 0 Å². The zero-order chi connectivity index (χ0) is 14.7. The summed E-state index contributed by atoms with van der Waals surface area (Å²) in [7, 11) is 0. The predicted molar refractivity (Wildman–Crippen MR) is 82.6 cm³/mol. The van der Waals surface area contributed by atoms with Crippen LogP contribution in [0.15, 0.2) is 30.3 Å². The predicted octanol–water partition coefficient (Wildman–Crippen LogP) is 3.05. The molecule has 0 aliphatic heterocycles. The summed E-state index contributed by atoms with van der Waals surface area (Å²) in [6.07, 6.45) is 6.08. The van der Waals surface area contributed by atoms with E-state index in [4.69, 9.17) is 0 Å². The molecular weight excluding hydrogens is 262 g/mol. The summed E-state index contributed by atoms with van der Waals surface area (Å²) < 4.78 is 0. The van der Waals surface area contributed by atoms with Gasteiger partial charge in [-0.2, -0.15) is 0 Å². The van der Waals surface area contributed by atoms with E-state index in [1.807, 2.05) is 30.3 Å². The molecule has 3 nitrogen and oxygen atoms in total. The Kier molecular flexibility index (Phi) is 4.59. The average Bonchev–Trinajstić information content (AvgIpc) is 3.10. The minimum absolute atomic E-state index is 0.160. The first-order valence-corrected chi connectivity index (χ1v) is 8.22. The average molecular weight is 287 g/mol. The Hall–Kier alpha value is -1.35. The highest BCUT2D eigenvalue weighted by atomic mass is 16.3. The molecule has 0 saturated heterocycles. The number of hydrogen-bond acceptors (Lipinski definition) is 2. The zero-order valence-electron chi connectivity index (χ0n) is 12.5. The summed E-state index contributed by atoms with van der Waals surface area (Å²) in [6, 6.07) is 9.62. The van der Waals surface area contributed by atoms with Crippen LogP contribution < -0.4 is 5.32 Å². The summed E-state index contributed by atoms with van der Waals surface area (Å²) in [5, 5.41) is 13.0. The van der Waals surface area contributed by atoms with Crippen molar-refractivity contribution in [2.45, 2.75) is 44.6 Å². The molecule has 0 heterocycles. The van der Waals surface area contributed by atoms with E-state index in [9.17, 15) is 9.90 Å². The third-order valence-electron chi connectivity index (χ3n) is 5.26. The van der Waals surface area contributed by atoms with E-state index in [1.54, 1.807) is 0 Å². The smallest absolute Gasteiger partial charge is 0.220 e. The van der Waals surface area contributed by atoms with Crippen molar-refractivity contribution in [2.75, 3.05) is 6.54 Å². The Labute approximate surface area is 126 Å². The second-order valence-corrected chi connectivity index (χ2v) is 6.70. The molecule has 1 aromatic rings. The van der Waals surface area contributed by atoms with E-state index in [1.165, 1.54) is 25.7 Å². The molecule has 0 radical (unpaired) electrons. The third-order valence-corrected chi connectivity index (χ3v) is 5.26. The topological polar surface area (TPSA) is 49.3 Å². The number of hydrogen-bond donors (Lipinski definition) is 2. The fourth-order valence-electron chi connectivity index (χ4n) is 4.13. The van der Waals surface area contributed by atoms with Crippen molar-refractivity contribution in [1.29, 1.82) is 0 Å². The number of benzene rings is 1. The van der Waals surface area contributed by atoms with Crippen LogP contribution in [0.2, 0.25) is 0 Å². The van der Waals surface area contributed by atoms with Gasteiger partial charge in [-0.3, -0.25) is 4.79 Å². The van der Waals surface area contributed by atoms with Gasteiger partial charge in [0.1, 0.15) is 0 Å². The van der Waals surface area contributed by atoms with Crippen molar-refractivity contribution >= 4 is 5.91 Å². The highest BCUT2D eigenvalue weighted by Gasteiger charge is 2.39. The van der Waals surface area contributed by atoms with Crippen LogP contribution in [0, 0.1) is 17.8 Å². The minimum Gasteiger partial charge on any atom is -0.388 e. The lowest BCUT2D eigenvalue weighted by Crippen LogP contribution is -2.28. The van der Waals surface area contributed by atoms with Gasteiger partial charge in [-0.05, 0) is 49.0 Å². The van der Waals surface area contributed by atoms with E-state index < -0.39 is 6.10 Å². The first-order chi connectivity index (χ1) is 10.2. The van der Waals surface area contributed by atoms with E-state index in [0.29, 0.717) is 25.3 Å². The molecule has 3 heteroatoms. The van der Waals surface area contributed by atoms with Gasteiger partial charge in [-0.25, -0.2) is 0 Å². The highest BCUT2D eigenvalue weighted by molar-refractivity contribution is 5.76. The van der Waals surface area contributed by atoms with Crippen LogP contribution in [0.3, 0.4) is 0 Å². The van der Waals surface area contributed by atoms with Crippen LogP contribution in [0.25, 0.3) is 0 Å². The van der Waals surface area contributed by atoms with Crippen LogP contribution in [0.1, 0.15) is 50.2 Å². The summed E-state index contributed by atoms with van der Waals surface area (Å²) in [4.78, 5) is 12.0. The molecule has 0 aromatic heterocycles. The van der Waals surface area contributed by atoms with Crippen molar-refractivity contribution in [2.24, 2.45) is 17.8 Å². The second-order valence-electron chi connectivity index (χ2n) is 6.70. The molecule has 4 atom stereocenters. The number of aliphatic hydroxyl groups is 1. The van der Waals surface area contributed by atoms with Crippen LogP contribution in [0.4, 0.5) is 0 Å². The lowest BCUT2D eigenvalue weighted by Gasteiger charge is -2.21. The number of fused-ring (bicyclic) bond motifs is 2. The fraction of sp³-hybridized carbons (Fsp3) is 0.611. The molecule has 1 amide bonds. The lowest BCUT2D eigenvalue weighted by molar-refractivity contribution is -0.122. The molecule has 114 valence electrons. The number of carbonyl (C=O) groups excluding carboxylic acids is 1. The van der Waals surface area contributed by atoms with Gasteiger partial charge in [0.2, 0.25) is 5.91 Å². The Bertz CT molecular complexity index is 473. The molecule has 2 saturated carbocycles. The van der Waals surface area contributed by atoms with Gasteiger partial charge in [-0.1, -0.05) is 36.8 Å². The molecule has 2 N–H and O–H groups in total. The first-order valence-electron chi connectivity index (χ1n) is 8.22. The first kappa shape index (κ1) is 14.6. The standard InChI is InChI=1S/C18H25NO2/c20-17(14-4-2-1-3-5-14)8-9-19-18(21)12-16-11-13-6-7-15(16)10-13/h1-5,13,15-17,20H,6-12H2,(H,19,21). The van der Waals surface area contributed by atoms with Gasteiger partial charge >= 0.3 is 0 Å². The second kappa shape index (κ2) is 6.61. The maximum atomic E-state index is 12.0. The fourth-order valence-corrected chi connectivity index (χ4v) is 4.13. The number of carbonyl (C=O) groups is 1. The van der Waals surface area contributed by atoms with Crippen molar-refractivity contribution < 1.29 is 9.90 Å². The number of amides is 1. The molecule has 1 aromatic carbocycles. The summed E-state index contributed by atoms with van der Waals surface area (Å²) in [5.74, 6) is 2.47. The molecule has 21 heavy (non-hydrogen) atoms. The van der Waals surface area contributed by atoms with Gasteiger partial charge in [0.25, 0.3) is 0 Å². The molecule has 2 fully saturated rings. The van der Waals surface area contributed by atoms with Crippen LogP contribution in [-0.2, 0) is 4.79 Å². The molecule has 3 rings (SSSR count). The highest BCUT2D eigenvalue weighted by Crippen LogP contribution is 2.49. The number of nitrogens with one attached hydrogen (secondary N) is 1. The van der Waals surface area contributed by atoms with Gasteiger partial charge in [-0.15, -0.1) is 0 Å². The molecule has 4 unspecified atom stereocenters. The van der Waals surface area contributed by atoms with Crippen molar-refractivity contribution in [3.8, 4) is 0 Å². The largest absolute Gasteiger partial charge is 0.388 e.